The standard InChI is InChI=1S/C17H13Br2NO2/c1-20-15-5-3-12(19)9-13(15)14(17(20)21)8-10-7-11(18)4-6-16(10)22-2/h3-9H,1-2H3/b14-8-. The monoisotopic (exact) mass is 421 g/mol. The van der Waals surface area contributed by atoms with E-state index in [2.05, 4.69) is 31.9 Å². The Hall–Kier alpha value is -1.59. The molecule has 1 aliphatic heterocycles. The number of methoxy groups -OCH3 is 1. The molecule has 0 fully saturated rings. The summed E-state index contributed by atoms with van der Waals surface area (Å²) in [6.07, 6.45) is 1.88. The first kappa shape index (κ1) is 15.3. The summed E-state index contributed by atoms with van der Waals surface area (Å²) in [5.41, 5.74) is 3.36. The van der Waals surface area contributed by atoms with Crippen molar-refractivity contribution < 1.29 is 9.53 Å². The lowest BCUT2D eigenvalue weighted by Gasteiger charge is -2.08. The van der Waals surface area contributed by atoms with E-state index >= 15 is 0 Å². The van der Waals surface area contributed by atoms with Crippen molar-refractivity contribution in [3.05, 3.63) is 56.5 Å². The lowest BCUT2D eigenvalue weighted by atomic mass is 10.0. The number of ether oxygens (including phenoxy) is 1. The van der Waals surface area contributed by atoms with Crippen molar-refractivity contribution in [2.24, 2.45) is 0 Å². The summed E-state index contributed by atoms with van der Waals surface area (Å²) in [4.78, 5) is 14.2. The van der Waals surface area contributed by atoms with Gasteiger partial charge in [0.15, 0.2) is 0 Å². The smallest absolute Gasteiger partial charge is 0.258 e. The highest BCUT2D eigenvalue weighted by molar-refractivity contribution is 9.10. The van der Waals surface area contributed by atoms with Gasteiger partial charge in [-0.25, -0.2) is 0 Å². The third-order valence-corrected chi connectivity index (χ3v) is 4.62. The van der Waals surface area contributed by atoms with Crippen molar-refractivity contribution in [1.82, 2.24) is 0 Å². The van der Waals surface area contributed by atoms with Crippen LogP contribution >= 0.6 is 31.9 Å². The number of hydrogen-bond donors (Lipinski definition) is 0. The van der Waals surface area contributed by atoms with Gasteiger partial charge in [-0.15, -0.1) is 0 Å². The lowest BCUT2D eigenvalue weighted by molar-refractivity contribution is -0.112. The molecule has 0 unspecified atom stereocenters. The Labute approximate surface area is 145 Å². The van der Waals surface area contributed by atoms with Crippen molar-refractivity contribution in [1.29, 1.82) is 0 Å². The maximum Gasteiger partial charge on any atom is 0.258 e. The number of hydrogen-bond acceptors (Lipinski definition) is 2. The Morgan fingerprint density at radius 1 is 1.09 bits per heavy atom. The predicted octanol–water partition coefficient (Wildman–Crippen LogP) is 4.74. The highest BCUT2D eigenvalue weighted by atomic mass is 79.9. The largest absolute Gasteiger partial charge is 0.496 e. The molecule has 22 heavy (non-hydrogen) atoms. The minimum Gasteiger partial charge on any atom is -0.496 e. The number of carbonyl (C=O) groups is 1. The second-order valence-electron chi connectivity index (χ2n) is 4.97. The minimum atomic E-state index is -0.0184. The Morgan fingerprint density at radius 3 is 2.50 bits per heavy atom. The predicted molar refractivity (Wildman–Crippen MR) is 96.1 cm³/mol. The quantitative estimate of drug-likeness (QED) is 0.654. The summed E-state index contributed by atoms with van der Waals surface area (Å²) in [6.45, 7) is 0. The van der Waals surface area contributed by atoms with E-state index in [-0.39, 0.29) is 5.91 Å². The minimum absolute atomic E-state index is 0.0184. The topological polar surface area (TPSA) is 29.5 Å². The van der Waals surface area contributed by atoms with Gasteiger partial charge < -0.3 is 9.64 Å². The highest BCUT2D eigenvalue weighted by Crippen LogP contribution is 2.39. The third kappa shape index (κ3) is 2.59. The molecule has 0 N–H and O–H groups in total. The Kier molecular flexibility index (Phi) is 4.10. The van der Waals surface area contributed by atoms with Crippen LogP contribution in [-0.2, 0) is 4.79 Å². The Morgan fingerprint density at radius 2 is 1.77 bits per heavy atom. The van der Waals surface area contributed by atoms with Gasteiger partial charge in [-0.3, -0.25) is 4.79 Å². The molecule has 1 amide bonds. The molecule has 5 heteroatoms. The first-order valence-corrected chi connectivity index (χ1v) is 8.23. The van der Waals surface area contributed by atoms with Gasteiger partial charge in [0.05, 0.1) is 12.8 Å². The number of benzene rings is 2. The summed E-state index contributed by atoms with van der Waals surface area (Å²) < 4.78 is 7.27. The first-order chi connectivity index (χ1) is 10.5. The summed E-state index contributed by atoms with van der Waals surface area (Å²) in [6, 6.07) is 11.6. The molecule has 3 nitrogen and oxygen atoms in total. The molecule has 0 spiro atoms. The van der Waals surface area contributed by atoms with Crippen molar-refractivity contribution >= 4 is 55.1 Å². The molecular weight excluding hydrogens is 410 g/mol. The Balaban J connectivity index is 2.19. The highest BCUT2D eigenvalue weighted by Gasteiger charge is 2.29. The van der Waals surface area contributed by atoms with Gasteiger partial charge >= 0.3 is 0 Å². The van der Waals surface area contributed by atoms with Gasteiger partial charge in [0, 0.05) is 32.7 Å². The SMILES string of the molecule is COc1ccc(Br)cc1/C=C1\C(=O)N(C)c2ccc(Br)cc21. The van der Waals surface area contributed by atoms with Crippen LogP contribution in [-0.4, -0.2) is 20.1 Å². The van der Waals surface area contributed by atoms with Crippen LogP contribution in [0.15, 0.2) is 45.3 Å². The van der Waals surface area contributed by atoms with Gasteiger partial charge in [0.1, 0.15) is 5.75 Å². The van der Waals surface area contributed by atoms with Crippen LogP contribution < -0.4 is 9.64 Å². The van der Waals surface area contributed by atoms with E-state index in [0.717, 1.165) is 31.5 Å². The van der Waals surface area contributed by atoms with E-state index in [0.29, 0.717) is 5.57 Å². The molecule has 3 rings (SSSR count). The van der Waals surface area contributed by atoms with Crippen molar-refractivity contribution in [2.45, 2.75) is 0 Å². The van der Waals surface area contributed by atoms with Gasteiger partial charge in [-0.05, 0) is 42.5 Å². The zero-order valence-corrected chi connectivity index (χ0v) is 15.2. The van der Waals surface area contributed by atoms with Crippen LogP contribution in [0.3, 0.4) is 0 Å². The van der Waals surface area contributed by atoms with Crippen molar-refractivity contribution in [3.63, 3.8) is 0 Å². The molecule has 2 aromatic carbocycles. The van der Waals surface area contributed by atoms with E-state index in [1.54, 1.807) is 19.1 Å². The van der Waals surface area contributed by atoms with Gasteiger partial charge in [-0.1, -0.05) is 31.9 Å². The fourth-order valence-corrected chi connectivity index (χ4v) is 3.27. The molecule has 0 saturated heterocycles. The molecular formula is C17H13Br2NO2. The molecule has 0 aromatic heterocycles. The van der Waals surface area contributed by atoms with Gasteiger partial charge in [-0.2, -0.15) is 0 Å². The van der Waals surface area contributed by atoms with Crippen LogP contribution in [0.1, 0.15) is 11.1 Å². The normalized spacial score (nSPS) is 15.4. The summed E-state index contributed by atoms with van der Waals surface area (Å²) in [5, 5.41) is 0. The molecule has 1 heterocycles. The molecule has 0 aliphatic carbocycles. The van der Waals surface area contributed by atoms with Crippen molar-refractivity contribution in [2.75, 3.05) is 19.1 Å². The number of nitrogens with zero attached hydrogens (tertiary/aromatic N) is 1. The van der Waals surface area contributed by atoms with Gasteiger partial charge in [0.2, 0.25) is 0 Å². The van der Waals surface area contributed by atoms with Crippen LogP contribution in [0, 0.1) is 0 Å². The fraction of sp³-hybridized carbons (Fsp3) is 0.118. The lowest BCUT2D eigenvalue weighted by Crippen LogP contribution is -2.20. The van der Waals surface area contributed by atoms with E-state index in [9.17, 15) is 4.79 Å². The molecule has 2 aromatic rings. The zero-order valence-electron chi connectivity index (χ0n) is 12.1. The van der Waals surface area contributed by atoms with E-state index < -0.39 is 0 Å². The zero-order chi connectivity index (χ0) is 15.9. The number of rotatable bonds is 2. The summed E-state index contributed by atoms with van der Waals surface area (Å²) in [5.74, 6) is 0.713. The number of anilines is 1. The first-order valence-electron chi connectivity index (χ1n) is 6.64. The number of amides is 1. The molecule has 112 valence electrons. The number of likely N-dealkylation sites (N-methyl/N-ethyl adjacent to an activating group) is 1. The summed E-state index contributed by atoms with van der Waals surface area (Å²) >= 11 is 6.93. The molecule has 0 radical (unpaired) electrons. The second-order valence-corrected chi connectivity index (χ2v) is 6.80. The molecule has 0 atom stereocenters. The number of fused-ring (bicyclic) bond motifs is 1. The van der Waals surface area contributed by atoms with Crippen molar-refractivity contribution in [3.8, 4) is 5.75 Å². The van der Waals surface area contributed by atoms with Crippen LogP contribution in [0.25, 0.3) is 11.6 Å². The van der Waals surface area contributed by atoms with Gasteiger partial charge in [0.25, 0.3) is 5.91 Å². The maximum absolute atomic E-state index is 12.6. The van der Waals surface area contributed by atoms with Crippen LogP contribution in [0.4, 0.5) is 5.69 Å². The fourth-order valence-electron chi connectivity index (χ4n) is 2.53. The van der Waals surface area contributed by atoms with Crippen LogP contribution in [0.5, 0.6) is 5.75 Å². The number of carbonyl (C=O) groups excluding carboxylic acids is 1. The molecule has 1 aliphatic rings. The molecule has 0 saturated carbocycles. The Bertz CT molecular complexity index is 799. The average molecular weight is 423 g/mol. The summed E-state index contributed by atoms with van der Waals surface area (Å²) in [7, 11) is 3.41. The third-order valence-electron chi connectivity index (χ3n) is 3.64. The van der Waals surface area contributed by atoms with Crippen LogP contribution in [0.2, 0.25) is 0 Å². The van der Waals surface area contributed by atoms with E-state index in [1.807, 2.05) is 42.5 Å². The average Bonchev–Trinajstić information content (AvgIpc) is 2.72. The van der Waals surface area contributed by atoms with E-state index in [4.69, 9.17) is 4.74 Å². The number of halogens is 2. The molecule has 0 bridgehead atoms. The maximum atomic E-state index is 12.6. The van der Waals surface area contributed by atoms with E-state index in [1.165, 1.54) is 0 Å². The second kappa shape index (κ2) is 5.89.